The number of benzene rings is 1. The molecule has 0 unspecified atom stereocenters. The van der Waals surface area contributed by atoms with Gasteiger partial charge in [0.15, 0.2) is 16.8 Å². The molecule has 0 saturated carbocycles. The van der Waals surface area contributed by atoms with Gasteiger partial charge >= 0.3 is 0 Å². The van der Waals surface area contributed by atoms with E-state index in [2.05, 4.69) is 44.5 Å². The van der Waals surface area contributed by atoms with Crippen LogP contribution in [0.15, 0.2) is 45.3 Å². The van der Waals surface area contributed by atoms with Gasteiger partial charge in [-0.15, -0.1) is 21.5 Å². The van der Waals surface area contributed by atoms with Crippen molar-refractivity contribution in [2.75, 3.05) is 12.9 Å². The quantitative estimate of drug-likeness (QED) is 0.358. The first-order chi connectivity index (χ1) is 12.5. The van der Waals surface area contributed by atoms with Crippen LogP contribution >= 0.6 is 39.0 Å². The van der Waals surface area contributed by atoms with Crippen molar-refractivity contribution in [1.82, 2.24) is 14.8 Å². The summed E-state index contributed by atoms with van der Waals surface area (Å²) in [6, 6.07) is 11.6. The summed E-state index contributed by atoms with van der Waals surface area (Å²) in [7, 11) is 1.64. The van der Waals surface area contributed by atoms with Crippen molar-refractivity contribution in [2.24, 2.45) is 0 Å². The highest BCUT2D eigenvalue weighted by Gasteiger charge is 2.18. The molecule has 0 fully saturated rings. The van der Waals surface area contributed by atoms with E-state index < -0.39 is 0 Å². The number of methoxy groups -OCH3 is 1. The molecule has 8 heteroatoms. The maximum atomic E-state index is 12.4. The van der Waals surface area contributed by atoms with E-state index in [1.165, 1.54) is 23.1 Å². The van der Waals surface area contributed by atoms with Crippen molar-refractivity contribution in [1.29, 1.82) is 0 Å². The van der Waals surface area contributed by atoms with Crippen LogP contribution in [-0.4, -0.2) is 33.4 Å². The molecule has 1 aromatic carbocycles. The second-order valence-electron chi connectivity index (χ2n) is 5.81. The number of aromatic nitrogens is 3. The molecule has 0 saturated heterocycles. The van der Waals surface area contributed by atoms with Gasteiger partial charge in [-0.2, -0.15) is 0 Å². The standard InChI is InChI=1S/C18H18BrN3O2S2/c1-11(2)22-17(12-4-6-13(24-3)7-5-12)20-21-18(22)25-10-14(23)15-8-9-16(19)26-15/h4-9,11H,10H2,1-3H3. The van der Waals surface area contributed by atoms with E-state index in [4.69, 9.17) is 4.74 Å². The van der Waals surface area contributed by atoms with Gasteiger partial charge in [0.25, 0.3) is 0 Å². The fourth-order valence-corrected chi connectivity index (χ4v) is 4.81. The number of hydrogen-bond acceptors (Lipinski definition) is 6. The molecule has 0 aliphatic rings. The minimum absolute atomic E-state index is 0.0926. The minimum Gasteiger partial charge on any atom is -0.497 e. The molecule has 0 aliphatic carbocycles. The number of carbonyl (C=O) groups is 1. The highest BCUT2D eigenvalue weighted by atomic mass is 79.9. The monoisotopic (exact) mass is 451 g/mol. The molecule has 26 heavy (non-hydrogen) atoms. The predicted molar refractivity (Wildman–Crippen MR) is 109 cm³/mol. The number of hydrogen-bond donors (Lipinski definition) is 0. The van der Waals surface area contributed by atoms with Crippen LogP contribution in [0.4, 0.5) is 0 Å². The average molecular weight is 452 g/mol. The lowest BCUT2D eigenvalue weighted by molar-refractivity contribution is 0.102. The molecule has 0 spiro atoms. The summed E-state index contributed by atoms with van der Waals surface area (Å²) in [6.45, 7) is 4.16. The smallest absolute Gasteiger partial charge is 0.192 e. The Balaban J connectivity index is 1.81. The Morgan fingerprint density at radius 1 is 1.23 bits per heavy atom. The fraction of sp³-hybridized carbons (Fsp3) is 0.278. The number of ketones is 1. The molecule has 3 aromatic rings. The summed E-state index contributed by atoms with van der Waals surface area (Å²) in [4.78, 5) is 13.1. The third kappa shape index (κ3) is 4.19. The van der Waals surface area contributed by atoms with Crippen molar-refractivity contribution in [3.05, 3.63) is 45.1 Å². The Morgan fingerprint density at radius 2 is 1.96 bits per heavy atom. The number of halogens is 1. The summed E-state index contributed by atoms with van der Waals surface area (Å²) in [5, 5.41) is 9.41. The Morgan fingerprint density at radius 3 is 2.54 bits per heavy atom. The van der Waals surface area contributed by atoms with Gasteiger partial charge in [-0.3, -0.25) is 9.36 Å². The van der Waals surface area contributed by atoms with Gasteiger partial charge in [0.2, 0.25) is 0 Å². The molecule has 0 atom stereocenters. The largest absolute Gasteiger partial charge is 0.497 e. The zero-order chi connectivity index (χ0) is 18.7. The summed E-state index contributed by atoms with van der Waals surface area (Å²) < 4.78 is 8.23. The van der Waals surface area contributed by atoms with Crippen LogP contribution < -0.4 is 4.74 Å². The van der Waals surface area contributed by atoms with Crippen LogP contribution in [0.5, 0.6) is 5.75 Å². The first-order valence-corrected chi connectivity index (χ1v) is 10.6. The van der Waals surface area contributed by atoms with Crippen molar-refractivity contribution in [3.63, 3.8) is 0 Å². The van der Waals surface area contributed by atoms with E-state index in [-0.39, 0.29) is 11.8 Å². The van der Waals surface area contributed by atoms with Gasteiger partial charge in [0.1, 0.15) is 5.75 Å². The Kier molecular flexibility index (Phi) is 6.16. The number of rotatable bonds is 7. The maximum Gasteiger partial charge on any atom is 0.192 e. The first kappa shape index (κ1) is 19.1. The maximum absolute atomic E-state index is 12.4. The number of carbonyl (C=O) groups excluding carboxylic acids is 1. The molecule has 0 aliphatic heterocycles. The third-order valence-electron chi connectivity index (χ3n) is 3.71. The van der Waals surface area contributed by atoms with E-state index in [1.807, 2.05) is 36.4 Å². The molecule has 2 aromatic heterocycles. The van der Waals surface area contributed by atoms with Crippen molar-refractivity contribution < 1.29 is 9.53 Å². The van der Waals surface area contributed by atoms with Crippen LogP contribution in [0.25, 0.3) is 11.4 Å². The average Bonchev–Trinajstić information content (AvgIpc) is 3.26. The Hall–Kier alpha value is -1.64. The van der Waals surface area contributed by atoms with Crippen LogP contribution in [0.1, 0.15) is 29.6 Å². The predicted octanol–water partition coefficient (Wildman–Crippen LogP) is 5.33. The number of nitrogens with zero attached hydrogens (tertiary/aromatic N) is 3. The van der Waals surface area contributed by atoms with Gasteiger partial charge in [-0.25, -0.2) is 0 Å². The lowest BCUT2D eigenvalue weighted by Gasteiger charge is -2.13. The molecule has 5 nitrogen and oxygen atoms in total. The van der Waals surface area contributed by atoms with E-state index in [1.54, 1.807) is 7.11 Å². The molecule has 3 rings (SSSR count). The minimum atomic E-state index is 0.0926. The van der Waals surface area contributed by atoms with Crippen molar-refractivity contribution in [2.45, 2.75) is 25.0 Å². The lowest BCUT2D eigenvalue weighted by Crippen LogP contribution is -2.07. The van der Waals surface area contributed by atoms with Gasteiger partial charge in [-0.1, -0.05) is 11.8 Å². The summed E-state index contributed by atoms with van der Waals surface area (Å²) in [6.07, 6.45) is 0. The number of thioether (sulfide) groups is 1. The summed E-state index contributed by atoms with van der Waals surface area (Å²) >= 11 is 6.25. The molecule has 136 valence electrons. The topological polar surface area (TPSA) is 57.0 Å². The number of thiophene rings is 1. The Labute approximate surface area is 168 Å². The van der Waals surface area contributed by atoms with Crippen LogP contribution in [-0.2, 0) is 0 Å². The van der Waals surface area contributed by atoms with E-state index in [0.717, 1.165) is 31.0 Å². The summed E-state index contributed by atoms with van der Waals surface area (Å²) in [5.41, 5.74) is 0.965. The highest BCUT2D eigenvalue weighted by Crippen LogP contribution is 2.30. The van der Waals surface area contributed by atoms with Gasteiger partial charge in [0.05, 0.1) is 21.5 Å². The van der Waals surface area contributed by atoms with Crippen LogP contribution in [0.3, 0.4) is 0 Å². The highest BCUT2D eigenvalue weighted by molar-refractivity contribution is 9.11. The van der Waals surface area contributed by atoms with Gasteiger partial charge < -0.3 is 4.74 Å². The van der Waals surface area contributed by atoms with Crippen molar-refractivity contribution in [3.8, 4) is 17.1 Å². The van der Waals surface area contributed by atoms with E-state index in [0.29, 0.717) is 5.75 Å². The normalized spacial score (nSPS) is 11.1. The fourth-order valence-electron chi connectivity index (χ4n) is 2.44. The van der Waals surface area contributed by atoms with E-state index in [9.17, 15) is 4.79 Å². The third-order valence-corrected chi connectivity index (χ3v) is 6.32. The second-order valence-corrected chi connectivity index (χ2v) is 9.22. The molecule has 0 N–H and O–H groups in total. The zero-order valence-electron chi connectivity index (χ0n) is 14.6. The van der Waals surface area contributed by atoms with Gasteiger partial charge in [-0.05, 0) is 66.2 Å². The van der Waals surface area contributed by atoms with Crippen LogP contribution in [0.2, 0.25) is 0 Å². The van der Waals surface area contributed by atoms with Crippen molar-refractivity contribution >= 4 is 44.8 Å². The zero-order valence-corrected chi connectivity index (χ0v) is 17.8. The lowest BCUT2D eigenvalue weighted by atomic mass is 10.2. The van der Waals surface area contributed by atoms with E-state index >= 15 is 0 Å². The summed E-state index contributed by atoms with van der Waals surface area (Å²) in [5.74, 6) is 2.01. The first-order valence-electron chi connectivity index (χ1n) is 8.00. The number of ether oxygens (including phenoxy) is 1. The molecule has 0 radical (unpaired) electrons. The Bertz CT molecular complexity index is 904. The SMILES string of the molecule is COc1ccc(-c2nnc(SCC(=O)c3ccc(Br)s3)n2C(C)C)cc1. The molecule has 0 amide bonds. The number of Topliss-reactive ketones (excluding diaryl/α,β-unsaturated/α-hetero) is 1. The second kappa shape index (κ2) is 8.37. The molecular weight excluding hydrogens is 434 g/mol. The van der Waals surface area contributed by atoms with Gasteiger partial charge in [0, 0.05) is 11.6 Å². The van der Waals surface area contributed by atoms with Crippen LogP contribution in [0, 0.1) is 0 Å². The molecular formula is C18H18BrN3O2S2. The molecule has 0 bridgehead atoms. The molecule has 2 heterocycles.